The number of ether oxygens (including phenoxy) is 1. The van der Waals surface area contributed by atoms with Crippen LogP contribution in [0.4, 0.5) is 4.39 Å². The van der Waals surface area contributed by atoms with Gasteiger partial charge in [0, 0.05) is 11.6 Å². The number of carbonyl (C=O) groups is 1. The van der Waals surface area contributed by atoms with Crippen molar-refractivity contribution in [1.82, 2.24) is 0 Å². The van der Waals surface area contributed by atoms with E-state index in [1.807, 2.05) is 24.3 Å². The summed E-state index contributed by atoms with van der Waals surface area (Å²) in [7, 11) is 0. The van der Waals surface area contributed by atoms with Gasteiger partial charge in [-0.2, -0.15) is 0 Å². The topological polar surface area (TPSA) is 52.3 Å². The first-order valence-corrected chi connectivity index (χ1v) is 6.88. The van der Waals surface area contributed by atoms with Gasteiger partial charge in [-0.1, -0.05) is 36.4 Å². The summed E-state index contributed by atoms with van der Waals surface area (Å²) in [5.74, 6) is -0.616. The first-order valence-electron chi connectivity index (χ1n) is 6.88. The van der Waals surface area contributed by atoms with Crippen LogP contribution in [0.2, 0.25) is 0 Å². The first kappa shape index (κ1) is 15.2. The average Bonchev–Trinajstić information content (AvgIpc) is 2.48. The van der Waals surface area contributed by atoms with Crippen molar-refractivity contribution in [3.63, 3.8) is 0 Å². The number of hydrogen-bond donors (Lipinski definition) is 1. The maximum atomic E-state index is 13.8. The lowest BCUT2D eigenvalue weighted by molar-refractivity contribution is -0.143. The molecule has 0 unspecified atom stereocenters. The van der Waals surface area contributed by atoms with Crippen molar-refractivity contribution in [1.29, 1.82) is 0 Å². The number of hydrogen-bond acceptors (Lipinski definition) is 3. The van der Waals surface area contributed by atoms with Crippen LogP contribution in [0.5, 0.6) is 0 Å². The van der Waals surface area contributed by atoms with Gasteiger partial charge in [-0.25, -0.2) is 4.39 Å². The Morgan fingerprint density at radius 2 is 2.00 bits per heavy atom. The fourth-order valence-electron chi connectivity index (χ4n) is 2.15. The molecule has 0 aliphatic heterocycles. The minimum absolute atomic E-state index is 0.106. The molecule has 110 valence electrons. The fourth-order valence-corrected chi connectivity index (χ4v) is 2.15. The molecule has 1 atom stereocenters. The Hall–Kier alpha value is -2.20. The maximum absolute atomic E-state index is 13.8. The quantitative estimate of drug-likeness (QED) is 0.857. The van der Waals surface area contributed by atoms with Crippen LogP contribution in [0.25, 0.3) is 11.1 Å². The minimum Gasteiger partial charge on any atom is -0.466 e. The summed E-state index contributed by atoms with van der Waals surface area (Å²) in [5.41, 5.74) is 8.05. The molecule has 0 saturated carbocycles. The third kappa shape index (κ3) is 3.89. The lowest BCUT2D eigenvalue weighted by atomic mass is 9.98. The van der Waals surface area contributed by atoms with E-state index in [1.54, 1.807) is 25.1 Å². The predicted molar refractivity (Wildman–Crippen MR) is 80.0 cm³/mol. The molecule has 0 bridgehead atoms. The van der Waals surface area contributed by atoms with Crippen LogP contribution in [-0.4, -0.2) is 12.6 Å². The highest BCUT2D eigenvalue weighted by Gasteiger charge is 2.13. The lowest BCUT2D eigenvalue weighted by Gasteiger charge is -2.13. The molecule has 0 radical (unpaired) electrons. The standard InChI is InChI=1S/C17H18FNO2/c1-2-21-17(20)11-16(19)13-7-5-6-12(10-13)14-8-3-4-9-15(14)18/h3-10,16H,2,11,19H2,1H3/t16-/m0/s1. The smallest absolute Gasteiger partial charge is 0.307 e. The molecule has 2 rings (SSSR count). The third-order valence-electron chi connectivity index (χ3n) is 3.19. The molecule has 3 nitrogen and oxygen atoms in total. The Morgan fingerprint density at radius 3 is 2.71 bits per heavy atom. The zero-order valence-electron chi connectivity index (χ0n) is 11.9. The average molecular weight is 287 g/mol. The summed E-state index contributed by atoms with van der Waals surface area (Å²) in [5, 5.41) is 0. The van der Waals surface area contributed by atoms with Gasteiger partial charge >= 0.3 is 5.97 Å². The van der Waals surface area contributed by atoms with Crippen LogP contribution in [0.1, 0.15) is 24.9 Å². The van der Waals surface area contributed by atoms with E-state index in [0.717, 1.165) is 11.1 Å². The molecular formula is C17H18FNO2. The fraction of sp³-hybridized carbons (Fsp3) is 0.235. The van der Waals surface area contributed by atoms with Crippen LogP contribution in [0.3, 0.4) is 0 Å². The van der Waals surface area contributed by atoms with Gasteiger partial charge in [0.1, 0.15) is 5.82 Å². The number of benzene rings is 2. The van der Waals surface area contributed by atoms with Gasteiger partial charge < -0.3 is 10.5 Å². The number of nitrogens with two attached hydrogens (primary N) is 1. The molecule has 0 aliphatic carbocycles. The zero-order chi connectivity index (χ0) is 15.2. The molecule has 0 aliphatic rings. The molecule has 0 fully saturated rings. The largest absolute Gasteiger partial charge is 0.466 e. The van der Waals surface area contributed by atoms with Crippen molar-refractivity contribution in [2.24, 2.45) is 5.73 Å². The molecule has 2 aromatic rings. The number of halogens is 1. The van der Waals surface area contributed by atoms with Gasteiger partial charge in [0.15, 0.2) is 0 Å². The van der Waals surface area contributed by atoms with Gasteiger partial charge in [0.2, 0.25) is 0 Å². The molecule has 0 heterocycles. The summed E-state index contributed by atoms with van der Waals surface area (Å²) in [6, 6.07) is 13.4. The molecule has 0 amide bonds. The third-order valence-corrected chi connectivity index (χ3v) is 3.19. The molecular weight excluding hydrogens is 269 g/mol. The number of rotatable bonds is 5. The summed E-state index contributed by atoms with van der Waals surface area (Å²) in [6.45, 7) is 2.09. The first-order chi connectivity index (χ1) is 10.1. The number of carbonyl (C=O) groups excluding carboxylic acids is 1. The zero-order valence-corrected chi connectivity index (χ0v) is 11.9. The highest BCUT2D eigenvalue weighted by molar-refractivity contribution is 5.71. The molecule has 21 heavy (non-hydrogen) atoms. The van der Waals surface area contributed by atoms with Gasteiger partial charge in [-0.3, -0.25) is 4.79 Å². The lowest BCUT2D eigenvalue weighted by Crippen LogP contribution is -2.17. The maximum Gasteiger partial charge on any atom is 0.307 e. The Labute approximate surface area is 123 Å². The highest BCUT2D eigenvalue weighted by Crippen LogP contribution is 2.25. The van der Waals surface area contributed by atoms with Crippen molar-refractivity contribution in [2.45, 2.75) is 19.4 Å². The Balaban J connectivity index is 2.22. The van der Waals surface area contributed by atoms with Crippen molar-refractivity contribution in [3.05, 3.63) is 59.9 Å². The molecule has 0 aromatic heterocycles. The minimum atomic E-state index is -0.462. The van der Waals surface area contributed by atoms with Crippen molar-refractivity contribution in [2.75, 3.05) is 6.61 Å². The predicted octanol–water partition coefficient (Wildman–Crippen LogP) is 3.45. The van der Waals surface area contributed by atoms with E-state index in [4.69, 9.17) is 10.5 Å². The summed E-state index contributed by atoms with van der Waals surface area (Å²) in [4.78, 5) is 11.5. The second kappa shape index (κ2) is 6.99. The second-order valence-corrected chi connectivity index (χ2v) is 4.72. The number of esters is 1. The molecule has 0 spiro atoms. The summed E-state index contributed by atoms with van der Waals surface area (Å²) < 4.78 is 18.7. The van der Waals surface area contributed by atoms with Crippen molar-refractivity contribution >= 4 is 5.97 Å². The second-order valence-electron chi connectivity index (χ2n) is 4.72. The van der Waals surface area contributed by atoms with Gasteiger partial charge in [0.05, 0.1) is 13.0 Å². The van der Waals surface area contributed by atoms with E-state index in [0.29, 0.717) is 12.2 Å². The molecule has 4 heteroatoms. The van der Waals surface area contributed by atoms with Crippen LogP contribution < -0.4 is 5.73 Å². The van der Waals surface area contributed by atoms with Gasteiger partial charge in [0.25, 0.3) is 0 Å². The van der Waals surface area contributed by atoms with Crippen LogP contribution in [0, 0.1) is 5.82 Å². The van der Waals surface area contributed by atoms with Crippen LogP contribution in [0.15, 0.2) is 48.5 Å². The molecule has 2 aromatic carbocycles. The summed E-state index contributed by atoms with van der Waals surface area (Å²) in [6.07, 6.45) is 0.106. The van der Waals surface area contributed by atoms with E-state index in [-0.39, 0.29) is 18.2 Å². The van der Waals surface area contributed by atoms with Gasteiger partial charge in [-0.15, -0.1) is 0 Å². The SMILES string of the molecule is CCOC(=O)C[C@H](N)c1cccc(-c2ccccc2F)c1. The van der Waals surface area contributed by atoms with Crippen LogP contribution >= 0.6 is 0 Å². The molecule has 2 N–H and O–H groups in total. The Kier molecular flexibility index (Phi) is 5.06. The van der Waals surface area contributed by atoms with Gasteiger partial charge in [-0.05, 0) is 30.2 Å². The normalized spacial score (nSPS) is 12.0. The van der Waals surface area contributed by atoms with E-state index >= 15 is 0 Å². The van der Waals surface area contributed by atoms with E-state index in [9.17, 15) is 9.18 Å². The van der Waals surface area contributed by atoms with E-state index in [1.165, 1.54) is 6.07 Å². The summed E-state index contributed by atoms with van der Waals surface area (Å²) >= 11 is 0. The van der Waals surface area contributed by atoms with E-state index in [2.05, 4.69) is 0 Å². The van der Waals surface area contributed by atoms with Crippen molar-refractivity contribution < 1.29 is 13.9 Å². The van der Waals surface area contributed by atoms with Crippen LogP contribution in [-0.2, 0) is 9.53 Å². The van der Waals surface area contributed by atoms with E-state index < -0.39 is 6.04 Å². The molecule has 0 saturated heterocycles. The Bertz CT molecular complexity index is 628. The monoisotopic (exact) mass is 287 g/mol. The van der Waals surface area contributed by atoms with Crippen molar-refractivity contribution in [3.8, 4) is 11.1 Å². The Morgan fingerprint density at radius 1 is 1.24 bits per heavy atom. The highest BCUT2D eigenvalue weighted by atomic mass is 19.1.